The van der Waals surface area contributed by atoms with Crippen LogP contribution in [0.25, 0.3) is 0 Å². The molecule has 3 N–H and O–H groups in total. The minimum absolute atomic E-state index is 0.0457. The topological polar surface area (TPSA) is 119 Å². The molecule has 1 aliphatic rings. The lowest BCUT2D eigenvalue weighted by atomic mass is 9.76. The number of carboxylic acids is 1. The van der Waals surface area contributed by atoms with Gasteiger partial charge in [0.05, 0.1) is 12.1 Å². The van der Waals surface area contributed by atoms with Gasteiger partial charge >= 0.3 is 5.97 Å². The molecule has 43 heavy (non-hydrogen) atoms. The zero-order valence-corrected chi connectivity index (χ0v) is 28.3. The molecule has 1 fully saturated rings. The third-order valence-electron chi connectivity index (χ3n) is 8.96. The Morgan fingerprint density at radius 3 is 2.14 bits per heavy atom. The van der Waals surface area contributed by atoms with E-state index in [9.17, 15) is 24.3 Å². The molecule has 1 aromatic carbocycles. The number of hydrogen-bond donors (Lipinski definition) is 3. The van der Waals surface area contributed by atoms with Crippen molar-refractivity contribution in [3.8, 4) is 0 Å². The number of benzene rings is 1. The minimum Gasteiger partial charge on any atom is -0.480 e. The first-order chi connectivity index (χ1) is 19.7. The molecule has 3 amide bonds. The van der Waals surface area contributed by atoms with Gasteiger partial charge in [0.1, 0.15) is 12.1 Å². The summed E-state index contributed by atoms with van der Waals surface area (Å²) in [5, 5.41) is 15.8. The van der Waals surface area contributed by atoms with E-state index in [1.54, 1.807) is 32.0 Å². The lowest BCUT2D eigenvalue weighted by Crippen LogP contribution is -2.61. The van der Waals surface area contributed by atoms with E-state index in [1.807, 2.05) is 54.5 Å². The van der Waals surface area contributed by atoms with E-state index < -0.39 is 41.0 Å². The number of carboxylic acid groups (broad SMARTS) is 1. The molecule has 0 unspecified atom stereocenters. The van der Waals surface area contributed by atoms with E-state index in [2.05, 4.69) is 36.6 Å². The van der Waals surface area contributed by atoms with Crippen molar-refractivity contribution in [1.82, 2.24) is 20.4 Å². The third kappa shape index (κ3) is 8.25. The lowest BCUT2D eigenvalue weighted by molar-refractivity contribution is -0.146. The van der Waals surface area contributed by atoms with E-state index in [-0.39, 0.29) is 23.6 Å². The number of nitrogens with zero attached hydrogens (tertiary/aromatic N) is 2. The molecule has 0 aromatic heterocycles. The fourth-order valence-electron chi connectivity index (χ4n) is 5.93. The van der Waals surface area contributed by atoms with Gasteiger partial charge in [0.25, 0.3) is 0 Å². The summed E-state index contributed by atoms with van der Waals surface area (Å²) in [5.74, 6) is -1.92. The Morgan fingerprint density at radius 1 is 1.05 bits per heavy atom. The maximum Gasteiger partial charge on any atom is 0.326 e. The summed E-state index contributed by atoms with van der Waals surface area (Å²) in [6, 6.07) is 3.49. The molecule has 2 rings (SSSR count). The predicted octanol–water partition coefficient (Wildman–Crippen LogP) is 4.20. The van der Waals surface area contributed by atoms with Gasteiger partial charge in [-0.15, -0.1) is 0 Å². The number of aryl methyl sites for hydroxylation is 2. The normalized spacial score (nSPS) is 18.3. The molecule has 0 radical (unpaired) electrons. The van der Waals surface area contributed by atoms with Crippen molar-refractivity contribution in [3.63, 3.8) is 0 Å². The number of nitrogens with one attached hydrogen (secondary N) is 2. The highest BCUT2D eigenvalue weighted by molar-refractivity contribution is 5.96. The Morgan fingerprint density at radius 2 is 1.65 bits per heavy atom. The van der Waals surface area contributed by atoms with Crippen LogP contribution in [0.2, 0.25) is 0 Å². The molecular formula is C34H54N4O5. The van der Waals surface area contributed by atoms with Crippen LogP contribution in [0.5, 0.6) is 0 Å². The fourth-order valence-corrected chi connectivity index (χ4v) is 5.93. The Labute approximate surface area is 258 Å². The number of rotatable bonds is 11. The van der Waals surface area contributed by atoms with Crippen molar-refractivity contribution in [3.05, 3.63) is 46.5 Å². The number of likely N-dealkylation sites (N-methyl/N-ethyl adjacent to an activating group) is 2. The smallest absolute Gasteiger partial charge is 0.326 e. The summed E-state index contributed by atoms with van der Waals surface area (Å²) in [6.45, 7) is 19.9. The average molecular weight is 599 g/mol. The van der Waals surface area contributed by atoms with E-state index >= 15 is 0 Å². The maximum absolute atomic E-state index is 14.1. The van der Waals surface area contributed by atoms with Crippen molar-refractivity contribution < 1.29 is 24.3 Å². The molecule has 0 aliphatic carbocycles. The van der Waals surface area contributed by atoms with Crippen LogP contribution in [0.3, 0.4) is 0 Å². The van der Waals surface area contributed by atoms with Gasteiger partial charge in [-0.1, -0.05) is 72.7 Å². The zero-order valence-electron chi connectivity index (χ0n) is 28.3. The van der Waals surface area contributed by atoms with Crippen LogP contribution in [0.15, 0.2) is 29.8 Å². The average Bonchev–Trinajstić information content (AvgIpc) is 3.40. The highest BCUT2D eigenvalue weighted by atomic mass is 16.4. The van der Waals surface area contributed by atoms with Gasteiger partial charge in [0.2, 0.25) is 17.7 Å². The fraction of sp³-hybridized carbons (Fsp3) is 0.647. The van der Waals surface area contributed by atoms with Crippen molar-refractivity contribution in [1.29, 1.82) is 0 Å². The van der Waals surface area contributed by atoms with E-state index in [1.165, 1.54) is 10.5 Å². The van der Waals surface area contributed by atoms with E-state index in [0.29, 0.717) is 25.0 Å². The second-order valence-corrected chi connectivity index (χ2v) is 14.1. The Bertz CT molecular complexity index is 1230. The predicted molar refractivity (Wildman–Crippen MR) is 171 cm³/mol. The van der Waals surface area contributed by atoms with Crippen molar-refractivity contribution in [2.24, 2.45) is 11.3 Å². The SMILES string of the molecule is CN[C@H](C(=O)N[C@H](C(=O)N(C)[C@H](/C=C(\C)C(=O)N1CCC[C@H]1C(=O)O)C(C)C)C(C)(C)C)C(C)(C)c1ccc(C)c(C)c1. The van der Waals surface area contributed by atoms with Crippen LogP contribution >= 0.6 is 0 Å². The summed E-state index contributed by atoms with van der Waals surface area (Å²) in [7, 11) is 3.44. The second-order valence-electron chi connectivity index (χ2n) is 14.1. The largest absolute Gasteiger partial charge is 0.480 e. The van der Waals surface area contributed by atoms with Crippen molar-refractivity contribution in [2.75, 3.05) is 20.6 Å². The summed E-state index contributed by atoms with van der Waals surface area (Å²) in [6.07, 6.45) is 2.83. The molecule has 0 saturated carbocycles. The second kappa shape index (κ2) is 14.1. The molecule has 4 atom stereocenters. The first-order valence-corrected chi connectivity index (χ1v) is 15.3. The van der Waals surface area contributed by atoms with Crippen LogP contribution < -0.4 is 10.6 Å². The van der Waals surface area contributed by atoms with Gasteiger partial charge in [-0.2, -0.15) is 0 Å². The number of aliphatic carboxylic acids is 1. The Hall–Kier alpha value is -3.20. The van der Waals surface area contributed by atoms with Crippen LogP contribution in [-0.4, -0.2) is 83.4 Å². The van der Waals surface area contributed by atoms with Gasteiger partial charge in [0, 0.05) is 24.6 Å². The molecular weight excluding hydrogens is 544 g/mol. The van der Waals surface area contributed by atoms with Gasteiger partial charge in [-0.25, -0.2) is 4.79 Å². The molecule has 1 saturated heterocycles. The summed E-state index contributed by atoms with van der Waals surface area (Å²) in [4.78, 5) is 55.9. The number of likely N-dealkylation sites (tertiary alicyclic amines) is 1. The van der Waals surface area contributed by atoms with Crippen molar-refractivity contribution in [2.45, 2.75) is 112 Å². The molecule has 1 aliphatic heterocycles. The van der Waals surface area contributed by atoms with Gasteiger partial charge < -0.3 is 25.5 Å². The Kier molecular flexibility index (Phi) is 11.8. The quantitative estimate of drug-likeness (QED) is 0.329. The van der Waals surface area contributed by atoms with Crippen molar-refractivity contribution >= 4 is 23.7 Å². The van der Waals surface area contributed by atoms with Gasteiger partial charge in [-0.05, 0) is 68.7 Å². The number of amides is 3. The van der Waals surface area contributed by atoms with Crippen LogP contribution in [-0.2, 0) is 24.6 Å². The summed E-state index contributed by atoms with van der Waals surface area (Å²) in [5.41, 5.74) is 2.57. The number of carbonyl (C=O) groups excluding carboxylic acids is 3. The van der Waals surface area contributed by atoms with Crippen LogP contribution in [0, 0.1) is 25.2 Å². The molecule has 240 valence electrons. The number of hydrogen-bond acceptors (Lipinski definition) is 5. The Balaban J connectivity index is 2.36. The monoisotopic (exact) mass is 598 g/mol. The first-order valence-electron chi connectivity index (χ1n) is 15.3. The maximum atomic E-state index is 14.1. The van der Waals surface area contributed by atoms with E-state index in [4.69, 9.17) is 0 Å². The number of carbonyl (C=O) groups is 4. The first kappa shape index (κ1) is 36.0. The lowest BCUT2D eigenvalue weighted by Gasteiger charge is -2.40. The minimum atomic E-state index is -1.00. The molecule has 1 heterocycles. The third-order valence-corrected chi connectivity index (χ3v) is 8.96. The highest BCUT2D eigenvalue weighted by Crippen LogP contribution is 2.30. The summed E-state index contributed by atoms with van der Waals surface area (Å²) < 4.78 is 0. The molecule has 9 nitrogen and oxygen atoms in total. The molecule has 1 aromatic rings. The summed E-state index contributed by atoms with van der Waals surface area (Å²) >= 11 is 0. The molecule has 0 spiro atoms. The molecule has 0 bridgehead atoms. The van der Waals surface area contributed by atoms with E-state index in [0.717, 1.165) is 11.1 Å². The standard InChI is InChI=1S/C34H54N4O5/c1-20(2)26(19-23(5)30(40)38-17-13-14-25(38)32(42)43)37(12)31(41)28(33(6,7)8)36-29(39)27(35-11)34(9,10)24-16-15-21(3)22(4)18-24/h15-16,18-20,25-28,35H,13-14,17H2,1-12H3,(H,36,39)(H,42,43)/b23-19+/t25-,26+,27+,28+/m0/s1. The van der Waals surface area contributed by atoms with Gasteiger partial charge in [-0.3, -0.25) is 14.4 Å². The van der Waals surface area contributed by atoms with Gasteiger partial charge in [0.15, 0.2) is 0 Å². The van der Waals surface area contributed by atoms with Crippen LogP contribution in [0.4, 0.5) is 0 Å². The molecule has 9 heteroatoms. The zero-order chi connectivity index (χ0) is 33.0. The van der Waals surface area contributed by atoms with Crippen LogP contribution in [0.1, 0.15) is 84.9 Å². The highest BCUT2D eigenvalue weighted by Gasteiger charge is 2.42.